The molecular formula is C9H12O3S2. The lowest BCUT2D eigenvalue weighted by Crippen LogP contribution is -1.88. The van der Waals surface area contributed by atoms with Crippen LogP contribution in [0.3, 0.4) is 0 Å². The molecule has 0 N–H and O–H groups in total. The molecule has 1 aromatic carbocycles. The molecule has 0 radical (unpaired) electrons. The van der Waals surface area contributed by atoms with Gasteiger partial charge in [-0.05, 0) is 12.1 Å². The maximum Gasteiger partial charge on any atom is 0.135 e. The number of ether oxygens (including phenoxy) is 1. The maximum absolute atomic E-state index is 5.22. The number of rotatable bonds is 5. The fourth-order valence-electron chi connectivity index (χ4n) is 0.977. The molecular weight excluding hydrogens is 220 g/mol. The summed E-state index contributed by atoms with van der Waals surface area (Å²) in [6.07, 6.45) is 0. The molecule has 78 valence electrons. The molecule has 0 heterocycles. The summed E-state index contributed by atoms with van der Waals surface area (Å²) < 4.78 is 15.2. The Labute approximate surface area is 92.5 Å². The van der Waals surface area contributed by atoms with Crippen LogP contribution in [0.5, 0.6) is 5.75 Å². The smallest absolute Gasteiger partial charge is 0.135 e. The van der Waals surface area contributed by atoms with Crippen molar-refractivity contribution in [3.63, 3.8) is 0 Å². The summed E-state index contributed by atoms with van der Waals surface area (Å²) in [6.45, 7) is 0. The van der Waals surface area contributed by atoms with Crippen LogP contribution in [0.2, 0.25) is 0 Å². The molecule has 0 atom stereocenters. The summed E-state index contributed by atoms with van der Waals surface area (Å²) in [5.74, 6) is 0.791. The van der Waals surface area contributed by atoms with Gasteiger partial charge in [0.05, 0.1) is 31.1 Å². The van der Waals surface area contributed by atoms with Crippen LogP contribution in [-0.4, -0.2) is 21.3 Å². The molecule has 0 spiro atoms. The molecule has 1 rings (SSSR count). The molecule has 0 aliphatic carbocycles. The Hall–Kier alpha value is -0.360. The van der Waals surface area contributed by atoms with E-state index in [2.05, 4.69) is 0 Å². The Balaban J connectivity index is 3.00. The fraction of sp³-hybridized carbons (Fsp3) is 0.333. The second-order valence-electron chi connectivity index (χ2n) is 2.29. The van der Waals surface area contributed by atoms with E-state index in [0.717, 1.165) is 15.5 Å². The maximum atomic E-state index is 5.22. The monoisotopic (exact) mass is 232 g/mol. The Kier molecular flexibility index (Phi) is 5.17. The van der Waals surface area contributed by atoms with Crippen molar-refractivity contribution in [2.45, 2.75) is 9.79 Å². The SMILES string of the molecule is COSc1cccc(OC)c1SOC. The van der Waals surface area contributed by atoms with Gasteiger partial charge in [-0.15, -0.1) is 0 Å². The van der Waals surface area contributed by atoms with Gasteiger partial charge < -0.3 is 13.1 Å². The van der Waals surface area contributed by atoms with Crippen molar-refractivity contribution < 1.29 is 13.1 Å². The van der Waals surface area contributed by atoms with E-state index in [4.69, 9.17) is 13.1 Å². The third-order valence-electron chi connectivity index (χ3n) is 1.50. The molecule has 5 heteroatoms. The lowest BCUT2D eigenvalue weighted by molar-refractivity contribution is 0.398. The Morgan fingerprint density at radius 2 is 1.71 bits per heavy atom. The van der Waals surface area contributed by atoms with Gasteiger partial charge in [0.2, 0.25) is 0 Å². The molecule has 3 nitrogen and oxygen atoms in total. The molecule has 0 fully saturated rings. The van der Waals surface area contributed by atoms with E-state index in [1.54, 1.807) is 21.3 Å². The summed E-state index contributed by atoms with van der Waals surface area (Å²) in [4.78, 5) is 1.92. The highest BCUT2D eigenvalue weighted by molar-refractivity contribution is 7.97. The Bertz CT molecular complexity index is 291. The molecule has 0 aliphatic heterocycles. The lowest BCUT2D eigenvalue weighted by Gasteiger charge is -2.10. The predicted octanol–water partition coefficient (Wildman–Crippen LogP) is 3.00. The highest BCUT2D eigenvalue weighted by Crippen LogP contribution is 2.38. The van der Waals surface area contributed by atoms with Gasteiger partial charge in [-0.3, -0.25) is 0 Å². The zero-order valence-corrected chi connectivity index (χ0v) is 9.91. The first kappa shape index (κ1) is 11.7. The van der Waals surface area contributed by atoms with Gasteiger partial charge in [0.15, 0.2) is 0 Å². The summed E-state index contributed by atoms with van der Waals surface area (Å²) in [6, 6.07) is 5.76. The van der Waals surface area contributed by atoms with E-state index < -0.39 is 0 Å². The molecule has 0 amide bonds. The average Bonchev–Trinajstić information content (AvgIpc) is 2.21. The van der Waals surface area contributed by atoms with Gasteiger partial charge in [-0.25, -0.2) is 0 Å². The van der Waals surface area contributed by atoms with Crippen LogP contribution in [0.25, 0.3) is 0 Å². The van der Waals surface area contributed by atoms with Gasteiger partial charge in [-0.2, -0.15) is 0 Å². The van der Waals surface area contributed by atoms with E-state index >= 15 is 0 Å². The van der Waals surface area contributed by atoms with E-state index in [9.17, 15) is 0 Å². The number of benzene rings is 1. The minimum Gasteiger partial charge on any atom is -0.495 e. The first-order valence-electron chi connectivity index (χ1n) is 3.91. The van der Waals surface area contributed by atoms with Crippen molar-refractivity contribution in [1.82, 2.24) is 0 Å². The molecule has 0 saturated carbocycles. The summed E-state index contributed by atoms with van der Waals surface area (Å²) in [5, 5.41) is 0. The van der Waals surface area contributed by atoms with Crippen molar-refractivity contribution in [3.8, 4) is 5.75 Å². The number of hydrogen-bond acceptors (Lipinski definition) is 5. The second kappa shape index (κ2) is 6.19. The van der Waals surface area contributed by atoms with Gasteiger partial charge in [-0.1, -0.05) is 6.07 Å². The third-order valence-corrected chi connectivity index (χ3v) is 3.07. The summed E-state index contributed by atoms with van der Waals surface area (Å²) >= 11 is 2.56. The first-order valence-corrected chi connectivity index (χ1v) is 5.40. The van der Waals surface area contributed by atoms with Crippen molar-refractivity contribution in [2.75, 3.05) is 21.3 Å². The summed E-state index contributed by atoms with van der Waals surface area (Å²) in [7, 11) is 4.89. The highest BCUT2D eigenvalue weighted by atomic mass is 32.2. The van der Waals surface area contributed by atoms with Gasteiger partial charge in [0.1, 0.15) is 5.75 Å². The number of hydrogen-bond donors (Lipinski definition) is 0. The summed E-state index contributed by atoms with van der Waals surface area (Å²) in [5.41, 5.74) is 0. The largest absolute Gasteiger partial charge is 0.495 e. The van der Waals surface area contributed by atoms with Crippen LogP contribution in [0, 0.1) is 0 Å². The van der Waals surface area contributed by atoms with E-state index in [0.29, 0.717) is 0 Å². The zero-order valence-electron chi connectivity index (χ0n) is 8.27. The van der Waals surface area contributed by atoms with Crippen LogP contribution in [0.1, 0.15) is 0 Å². The van der Waals surface area contributed by atoms with Crippen molar-refractivity contribution in [3.05, 3.63) is 18.2 Å². The fourth-order valence-corrected chi connectivity index (χ4v) is 2.22. The standard InChI is InChI=1S/C9H12O3S2/c1-10-7-5-4-6-8(13-11-2)9(7)14-12-3/h4-6H,1-3H3. The molecule has 14 heavy (non-hydrogen) atoms. The van der Waals surface area contributed by atoms with E-state index in [1.165, 1.54) is 24.1 Å². The normalized spacial score (nSPS) is 10.2. The quantitative estimate of drug-likeness (QED) is 0.728. The third kappa shape index (κ3) is 2.81. The highest BCUT2D eigenvalue weighted by Gasteiger charge is 2.10. The van der Waals surface area contributed by atoms with Crippen molar-refractivity contribution in [2.24, 2.45) is 0 Å². The van der Waals surface area contributed by atoms with Crippen molar-refractivity contribution >= 4 is 24.1 Å². The zero-order chi connectivity index (χ0) is 10.4. The van der Waals surface area contributed by atoms with E-state index in [1.807, 2.05) is 18.2 Å². The minimum absolute atomic E-state index is 0.791. The topological polar surface area (TPSA) is 27.7 Å². The Morgan fingerprint density at radius 1 is 1.00 bits per heavy atom. The molecule has 0 aliphatic rings. The molecule has 1 aromatic rings. The van der Waals surface area contributed by atoms with Crippen molar-refractivity contribution in [1.29, 1.82) is 0 Å². The average molecular weight is 232 g/mol. The molecule has 0 aromatic heterocycles. The lowest BCUT2D eigenvalue weighted by atomic mass is 10.3. The van der Waals surface area contributed by atoms with E-state index in [-0.39, 0.29) is 0 Å². The first-order chi connectivity index (χ1) is 6.83. The van der Waals surface area contributed by atoms with Crippen LogP contribution in [0.15, 0.2) is 28.0 Å². The second-order valence-corrected chi connectivity index (χ2v) is 4.14. The molecule has 0 saturated heterocycles. The molecule has 0 bridgehead atoms. The number of methoxy groups -OCH3 is 1. The van der Waals surface area contributed by atoms with Gasteiger partial charge >= 0.3 is 0 Å². The van der Waals surface area contributed by atoms with Crippen LogP contribution in [-0.2, 0) is 8.37 Å². The van der Waals surface area contributed by atoms with Gasteiger partial charge in [0.25, 0.3) is 0 Å². The van der Waals surface area contributed by atoms with Crippen LogP contribution in [0.4, 0.5) is 0 Å². The predicted molar refractivity (Wildman–Crippen MR) is 58.7 cm³/mol. The van der Waals surface area contributed by atoms with Gasteiger partial charge in [0, 0.05) is 24.1 Å². The minimum atomic E-state index is 0.791. The van der Waals surface area contributed by atoms with Crippen LogP contribution < -0.4 is 4.74 Å². The molecule has 0 unspecified atom stereocenters. The van der Waals surface area contributed by atoms with Crippen LogP contribution >= 0.6 is 24.1 Å². The Morgan fingerprint density at radius 3 is 2.29 bits per heavy atom.